The van der Waals surface area contributed by atoms with Gasteiger partial charge in [0.15, 0.2) is 5.78 Å². The predicted octanol–water partition coefficient (Wildman–Crippen LogP) is 3.97. The van der Waals surface area contributed by atoms with Crippen molar-refractivity contribution in [2.75, 3.05) is 0 Å². The summed E-state index contributed by atoms with van der Waals surface area (Å²) in [6.45, 7) is 4.76. The van der Waals surface area contributed by atoms with Crippen LogP contribution in [0.5, 0.6) is 5.75 Å². The van der Waals surface area contributed by atoms with Gasteiger partial charge in [0, 0.05) is 23.3 Å². The Labute approximate surface area is 122 Å². The maximum Gasteiger partial charge on any atom is 0.163 e. The number of aryl methyl sites for hydroxylation is 1. The van der Waals surface area contributed by atoms with Crippen molar-refractivity contribution >= 4 is 17.1 Å². The number of aromatic nitrogens is 1. The van der Waals surface area contributed by atoms with Gasteiger partial charge < -0.3 is 4.74 Å². The molecule has 20 heavy (non-hydrogen) atoms. The van der Waals surface area contributed by atoms with E-state index in [4.69, 9.17) is 4.74 Å². The van der Waals surface area contributed by atoms with Crippen LogP contribution in [-0.4, -0.2) is 10.8 Å². The number of fused-ring (bicyclic) bond motifs is 1. The number of hydrogen-bond acceptors (Lipinski definition) is 4. The van der Waals surface area contributed by atoms with E-state index in [-0.39, 0.29) is 5.78 Å². The van der Waals surface area contributed by atoms with Gasteiger partial charge in [0.2, 0.25) is 0 Å². The molecule has 0 saturated carbocycles. The predicted molar refractivity (Wildman–Crippen MR) is 79.6 cm³/mol. The highest BCUT2D eigenvalue weighted by Gasteiger charge is 2.19. The molecule has 104 valence electrons. The zero-order chi connectivity index (χ0) is 14.1. The maximum absolute atomic E-state index is 11.6. The molecule has 0 fully saturated rings. The van der Waals surface area contributed by atoms with Crippen LogP contribution in [0.15, 0.2) is 23.6 Å². The summed E-state index contributed by atoms with van der Waals surface area (Å²) in [5.41, 5.74) is 2.93. The Morgan fingerprint density at radius 1 is 1.35 bits per heavy atom. The van der Waals surface area contributed by atoms with Crippen LogP contribution in [0, 0.1) is 0 Å². The number of nitrogens with zero attached hydrogens (tertiary/aromatic N) is 1. The molecule has 0 unspecified atom stereocenters. The van der Waals surface area contributed by atoms with E-state index in [0.717, 1.165) is 34.0 Å². The molecule has 0 saturated heterocycles. The van der Waals surface area contributed by atoms with Gasteiger partial charge in [-0.2, -0.15) is 0 Å². The van der Waals surface area contributed by atoms with Gasteiger partial charge in [0.25, 0.3) is 0 Å². The summed E-state index contributed by atoms with van der Waals surface area (Å²) in [5, 5.41) is 3.19. The second kappa shape index (κ2) is 5.37. The Bertz CT molecular complexity index is 646. The van der Waals surface area contributed by atoms with Crippen molar-refractivity contribution in [1.29, 1.82) is 0 Å². The van der Waals surface area contributed by atoms with Gasteiger partial charge in [-0.15, -0.1) is 11.3 Å². The molecule has 1 aromatic heterocycles. The smallest absolute Gasteiger partial charge is 0.163 e. The van der Waals surface area contributed by atoms with E-state index >= 15 is 0 Å². The summed E-state index contributed by atoms with van der Waals surface area (Å²) < 4.78 is 5.78. The van der Waals surface area contributed by atoms with Gasteiger partial charge in [-0.3, -0.25) is 4.79 Å². The molecular formula is C16H17NO2S. The normalized spacial score (nSPS) is 13.8. The first-order valence-corrected chi connectivity index (χ1v) is 7.74. The molecule has 1 aromatic carbocycles. The van der Waals surface area contributed by atoms with Gasteiger partial charge >= 0.3 is 0 Å². The Balaban J connectivity index is 1.68. The Morgan fingerprint density at radius 2 is 2.20 bits per heavy atom. The molecule has 3 nitrogen and oxygen atoms in total. The quantitative estimate of drug-likeness (QED) is 0.854. The topological polar surface area (TPSA) is 39.2 Å². The average Bonchev–Trinajstić information content (AvgIpc) is 3.04. The van der Waals surface area contributed by atoms with E-state index < -0.39 is 0 Å². The van der Waals surface area contributed by atoms with Crippen LogP contribution in [0.4, 0.5) is 0 Å². The zero-order valence-corrected chi connectivity index (χ0v) is 12.5. The summed E-state index contributed by atoms with van der Waals surface area (Å²) in [6, 6.07) is 5.73. The van der Waals surface area contributed by atoms with Gasteiger partial charge in [-0.25, -0.2) is 4.98 Å². The first kappa shape index (κ1) is 13.3. The minimum atomic E-state index is 0.243. The van der Waals surface area contributed by atoms with Crippen LogP contribution >= 0.6 is 11.3 Å². The van der Waals surface area contributed by atoms with Crippen molar-refractivity contribution in [1.82, 2.24) is 4.98 Å². The lowest BCUT2D eigenvalue weighted by atomic mass is 10.1. The third-order valence-electron chi connectivity index (χ3n) is 3.45. The SMILES string of the molecule is CC(C)c1nc(COc2ccc3c(c2)CCC3=O)cs1. The Kier molecular flexibility index (Phi) is 3.57. The number of benzene rings is 1. The molecule has 1 aliphatic rings. The van der Waals surface area contributed by atoms with E-state index in [2.05, 4.69) is 18.8 Å². The second-order valence-corrected chi connectivity index (χ2v) is 6.25. The summed E-state index contributed by atoms with van der Waals surface area (Å²) in [6.07, 6.45) is 1.46. The number of rotatable bonds is 4. The largest absolute Gasteiger partial charge is 0.487 e. The van der Waals surface area contributed by atoms with E-state index in [1.807, 2.05) is 23.6 Å². The Morgan fingerprint density at radius 3 is 2.95 bits per heavy atom. The monoisotopic (exact) mass is 287 g/mol. The minimum Gasteiger partial charge on any atom is -0.487 e. The summed E-state index contributed by atoms with van der Waals surface area (Å²) in [5.74, 6) is 1.52. The number of thiazole rings is 1. The highest BCUT2D eigenvalue weighted by molar-refractivity contribution is 7.09. The van der Waals surface area contributed by atoms with Gasteiger partial charge in [-0.05, 0) is 30.2 Å². The van der Waals surface area contributed by atoms with Crippen molar-refractivity contribution in [2.45, 2.75) is 39.2 Å². The number of ether oxygens (including phenoxy) is 1. The van der Waals surface area contributed by atoms with Crippen molar-refractivity contribution < 1.29 is 9.53 Å². The number of hydrogen-bond donors (Lipinski definition) is 0. The summed E-state index contributed by atoms with van der Waals surface area (Å²) >= 11 is 1.68. The third-order valence-corrected chi connectivity index (χ3v) is 4.64. The number of ketones is 1. The van der Waals surface area contributed by atoms with Crippen LogP contribution in [-0.2, 0) is 13.0 Å². The standard InChI is InChI=1S/C16H17NO2S/c1-10(2)16-17-12(9-20-16)8-19-13-4-5-14-11(7-13)3-6-15(14)18/h4-5,7,9-10H,3,6,8H2,1-2H3. The molecule has 4 heteroatoms. The van der Waals surface area contributed by atoms with Crippen LogP contribution in [0.3, 0.4) is 0 Å². The first-order valence-electron chi connectivity index (χ1n) is 6.86. The molecule has 1 heterocycles. The molecule has 1 aliphatic carbocycles. The van der Waals surface area contributed by atoms with Crippen LogP contribution in [0.1, 0.15) is 52.8 Å². The molecule has 3 rings (SSSR count). The summed E-state index contributed by atoms with van der Waals surface area (Å²) in [7, 11) is 0. The second-order valence-electron chi connectivity index (χ2n) is 5.36. The highest BCUT2D eigenvalue weighted by Crippen LogP contribution is 2.27. The molecule has 0 N–H and O–H groups in total. The zero-order valence-electron chi connectivity index (χ0n) is 11.7. The van der Waals surface area contributed by atoms with Crippen LogP contribution < -0.4 is 4.74 Å². The molecule has 0 spiro atoms. The lowest BCUT2D eigenvalue weighted by molar-refractivity contribution is 0.0994. The van der Waals surface area contributed by atoms with E-state index in [1.54, 1.807) is 11.3 Å². The molecule has 2 aromatic rings. The van der Waals surface area contributed by atoms with Crippen molar-refractivity contribution in [3.8, 4) is 5.75 Å². The molecule has 0 bridgehead atoms. The maximum atomic E-state index is 11.6. The lowest BCUT2D eigenvalue weighted by Gasteiger charge is -2.06. The van der Waals surface area contributed by atoms with E-state index in [0.29, 0.717) is 18.9 Å². The van der Waals surface area contributed by atoms with Crippen molar-refractivity contribution in [2.24, 2.45) is 0 Å². The highest BCUT2D eigenvalue weighted by atomic mass is 32.1. The lowest BCUT2D eigenvalue weighted by Crippen LogP contribution is -1.98. The number of carbonyl (C=O) groups is 1. The van der Waals surface area contributed by atoms with Crippen LogP contribution in [0.25, 0.3) is 0 Å². The van der Waals surface area contributed by atoms with Gasteiger partial charge in [-0.1, -0.05) is 13.8 Å². The minimum absolute atomic E-state index is 0.243. The van der Waals surface area contributed by atoms with Gasteiger partial charge in [0.05, 0.1) is 10.7 Å². The fraction of sp³-hybridized carbons (Fsp3) is 0.375. The van der Waals surface area contributed by atoms with Crippen LogP contribution in [0.2, 0.25) is 0 Å². The number of carbonyl (C=O) groups excluding carboxylic acids is 1. The first-order chi connectivity index (χ1) is 9.63. The van der Waals surface area contributed by atoms with Crippen molar-refractivity contribution in [3.05, 3.63) is 45.4 Å². The number of Topliss-reactive ketones (excluding diaryl/α,β-unsaturated/α-hetero) is 1. The fourth-order valence-electron chi connectivity index (χ4n) is 2.33. The molecule has 0 amide bonds. The van der Waals surface area contributed by atoms with E-state index in [1.165, 1.54) is 0 Å². The fourth-order valence-corrected chi connectivity index (χ4v) is 3.15. The van der Waals surface area contributed by atoms with Gasteiger partial charge in [0.1, 0.15) is 12.4 Å². The molecule has 0 aliphatic heterocycles. The molecular weight excluding hydrogens is 270 g/mol. The van der Waals surface area contributed by atoms with Crippen molar-refractivity contribution in [3.63, 3.8) is 0 Å². The third kappa shape index (κ3) is 2.61. The van der Waals surface area contributed by atoms with E-state index in [9.17, 15) is 4.79 Å². The molecule has 0 radical (unpaired) electrons. The Hall–Kier alpha value is -1.68. The average molecular weight is 287 g/mol. The summed E-state index contributed by atoms with van der Waals surface area (Å²) in [4.78, 5) is 16.1. The molecule has 0 atom stereocenters.